The van der Waals surface area contributed by atoms with Gasteiger partial charge in [0.15, 0.2) is 0 Å². The van der Waals surface area contributed by atoms with Crippen LogP contribution in [0.2, 0.25) is 0 Å². The van der Waals surface area contributed by atoms with E-state index in [0.29, 0.717) is 18.9 Å². The first-order valence-electron chi connectivity index (χ1n) is 9.62. The quantitative estimate of drug-likeness (QED) is 0.633. The van der Waals surface area contributed by atoms with Crippen molar-refractivity contribution in [3.8, 4) is 0 Å². The van der Waals surface area contributed by atoms with Crippen LogP contribution < -0.4 is 16.0 Å². The molecule has 0 saturated carbocycles. The summed E-state index contributed by atoms with van der Waals surface area (Å²) in [6.45, 7) is 6.58. The third-order valence-corrected chi connectivity index (χ3v) is 4.01. The molecule has 158 valence electrons. The van der Waals surface area contributed by atoms with Gasteiger partial charge < -0.3 is 25.4 Å². The number of hydrogen-bond donors (Lipinski definition) is 3. The molecule has 3 N–H and O–H groups in total. The van der Waals surface area contributed by atoms with Crippen molar-refractivity contribution in [3.05, 3.63) is 41.5 Å². The van der Waals surface area contributed by atoms with Crippen molar-refractivity contribution in [1.82, 2.24) is 10.6 Å². The average Bonchev–Trinajstić information content (AvgIpc) is 2.65. The minimum Gasteiger partial charge on any atom is -0.444 e. The average molecular weight is 403 g/mol. The number of carbonyl (C=O) groups excluding carboxylic acids is 3. The molecule has 0 atom stereocenters. The molecule has 8 heteroatoms. The van der Waals surface area contributed by atoms with Crippen molar-refractivity contribution in [2.75, 3.05) is 25.1 Å². The van der Waals surface area contributed by atoms with Crippen molar-refractivity contribution in [3.63, 3.8) is 0 Å². The van der Waals surface area contributed by atoms with Crippen LogP contribution in [0.25, 0.3) is 0 Å². The lowest BCUT2D eigenvalue weighted by molar-refractivity contribution is -0.117. The Hall–Kier alpha value is -2.87. The molecule has 1 heterocycles. The summed E-state index contributed by atoms with van der Waals surface area (Å²) in [6.07, 6.45) is 2.50. The van der Waals surface area contributed by atoms with Gasteiger partial charge in [0, 0.05) is 18.3 Å². The first-order valence-corrected chi connectivity index (χ1v) is 9.62. The maximum Gasteiger partial charge on any atom is 0.408 e. The molecule has 2 rings (SSSR count). The van der Waals surface area contributed by atoms with E-state index in [1.807, 2.05) is 12.1 Å². The molecule has 8 nitrogen and oxygen atoms in total. The lowest BCUT2D eigenvalue weighted by atomic mass is 10.1. The summed E-state index contributed by atoms with van der Waals surface area (Å²) in [4.78, 5) is 35.9. The first kappa shape index (κ1) is 22.4. The van der Waals surface area contributed by atoms with Gasteiger partial charge in [0.05, 0.1) is 13.2 Å². The van der Waals surface area contributed by atoms with Crippen LogP contribution in [0.1, 0.15) is 39.2 Å². The van der Waals surface area contributed by atoms with E-state index >= 15 is 0 Å². The zero-order valence-electron chi connectivity index (χ0n) is 17.2. The fraction of sp³-hybridized carbons (Fsp3) is 0.476. The van der Waals surface area contributed by atoms with Gasteiger partial charge >= 0.3 is 6.09 Å². The summed E-state index contributed by atoms with van der Waals surface area (Å²) in [7, 11) is 0. The molecule has 1 fully saturated rings. The number of alkyl carbamates (subject to hydrolysis) is 1. The van der Waals surface area contributed by atoms with Gasteiger partial charge in [-0.1, -0.05) is 23.8 Å². The van der Waals surface area contributed by atoms with Crippen molar-refractivity contribution >= 4 is 23.6 Å². The molecular formula is C21H29N3O5. The maximum atomic E-state index is 12.1. The molecule has 0 radical (unpaired) electrons. The topological polar surface area (TPSA) is 106 Å². The van der Waals surface area contributed by atoms with Crippen LogP contribution in [0.15, 0.2) is 35.9 Å². The number of anilines is 1. The highest BCUT2D eigenvalue weighted by Gasteiger charge is 2.17. The number of hydrogen-bond acceptors (Lipinski definition) is 5. The summed E-state index contributed by atoms with van der Waals surface area (Å²) in [6, 6.07) is 7.17. The Morgan fingerprint density at radius 3 is 2.48 bits per heavy atom. The summed E-state index contributed by atoms with van der Waals surface area (Å²) < 4.78 is 10.4. The summed E-state index contributed by atoms with van der Waals surface area (Å²) in [5.74, 6) is -0.561. The number of ether oxygens (including phenoxy) is 2. The largest absolute Gasteiger partial charge is 0.444 e. The van der Waals surface area contributed by atoms with Gasteiger partial charge in [-0.05, 0) is 45.2 Å². The number of carbonyl (C=O) groups is 3. The Kier molecular flexibility index (Phi) is 8.21. The monoisotopic (exact) mass is 403 g/mol. The lowest BCUT2D eigenvalue weighted by Gasteiger charge is -2.19. The molecule has 1 aromatic rings. The molecule has 1 aliphatic heterocycles. The molecule has 3 amide bonds. The van der Waals surface area contributed by atoms with E-state index < -0.39 is 11.7 Å². The van der Waals surface area contributed by atoms with E-state index in [4.69, 9.17) is 9.47 Å². The third-order valence-electron chi connectivity index (χ3n) is 4.01. The van der Waals surface area contributed by atoms with Crippen molar-refractivity contribution < 1.29 is 23.9 Å². The molecular weight excluding hydrogens is 374 g/mol. The number of rotatable bonds is 6. The smallest absolute Gasteiger partial charge is 0.408 e. The SMILES string of the molecule is CC(C)(C)OC(=O)NCC(=O)Nc1ccccc1CNC(=O)C=C1CCOCC1. The second kappa shape index (κ2) is 10.6. The highest BCUT2D eigenvalue weighted by atomic mass is 16.6. The van der Waals surface area contributed by atoms with E-state index in [-0.39, 0.29) is 24.9 Å². The maximum absolute atomic E-state index is 12.1. The molecule has 0 spiro atoms. The molecule has 0 unspecified atom stereocenters. The number of amides is 3. The van der Waals surface area contributed by atoms with Gasteiger partial charge in [0.25, 0.3) is 0 Å². The normalized spacial score (nSPS) is 14.0. The Bertz CT molecular complexity index is 760. The van der Waals surface area contributed by atoms with Crippen molar-refractivity contribution in [1.29, 1.82) is 0 Å². The van der Waals surface area contributed by atoms with Crippen LogP contribution in [0, 0.1) is 0 Å². The predicted octanol–water partition coefficient (Wildman–Crippen LogP) is 2.50. The summed E-state index contributed by atoms with van der Waals surface area (Å²) in [5.41, 5.74) is 1.77. The van der Waals surface area contributed by atoms with Crippen molar-refractivity contribution in [2.45, 2.75) is 45.8 Å². The fourth-order valence-corrected chi connectivity index (χ4v) is 2.65. The van der Waals surface area contributed by atoms with Crippen LogP contribution in [0.3, 0.4) is 0 Å². The molecule has 1 aliphatic rings. The minimum atomic E-state index is -0.658. The Balaban J connectivity index is 1.85. The molecule has 1 aromatic carbocycles. The Morgan fingerprint density at radius 2 is 1.79 bits per heavy atom. The van der Waals surface area contributed by atoms with E-state index in [1.165, 1.54) is 0 Å². The van der Waals surface area contributed by atoms with E-state index in [9.17, 15) is 14.4 Å². The Morgan fingerprint density at radius 1 is 1.10 bits per heavy atom. The highest BCUT2D eigenvalue weighted by molar-refractivity contribution is 5.94. The van der Waals surface area contributed by atoms with Crippen LogP contribution >= 0.6 is 0 Å². The summed E-state index contributed by atoms with van der Waals surface area (Å²) in [5, 5.41) is 7.99. The second-order valence-electron chi connectivity index (χ2n) is 7.69. The van der Waals surface area contributed by atoms with Crippen molar-refractivity contribution in [2.24, 2.45) is 0 Å². The van der Waals surface area contributed by atoms with Gasteiger partial charge in [0.1, 0.15) is 12.1 Å². The predicted molar refractivity (Wildman–Crippen MR) is 109 cm³/mol. The zero-order chi connectivity index (χ0) is 21.3. The zero-order valence-corrected chi connectivity index (χ0v) is 17.2. The lowest BCUT2D eigenvalue weighted by Crippen LogP contribution is -2.37. The van der Waals surface area contributed by atoms with Gasteiger partial charge in [0.2, 0.25) is 11.8 Å². The number of para-hydroxylation sites is 1. The van der Waals surface area contributed by atoms with E-state index in [0.717, 1.165) is 24.0 Å². The van der Waals surface area contributed by atoms with Gasteiger partial charge in [-0.3, -0.25) is 9.59 Å². The number of nitrogens with one attached hydrogen (secondary N) is 3. The van der Waals surface area contributed by atoms with Gasteiger partial charge in [-0.2, -0.15) is 0 Å². The van der Waals surface area contributed by atoms with Crippen LogP contribution in [-0.2, 0) is 25.6 Å². The standard InChI is InChI=1S/C21H29N3O5/c1-21(2,3)29-20(27)23-14-19(26)24-17-7-5-4-6-16(17)13-22-18(25)12-15-8-10-28-11-9-15/h4-7,12H,8-11,13-14H2,1-3H3,(H,22,25)(H,23,27)(H,24,26). The van der Waals surface area contributed by atoms with Crippen LogP contribution in [0.5, 0.6) is 0 Å². The fourth-order valence-electron chi connectivity index (χ4n) is 2.65. The van der Waals surface area contributed by atoms with Gasteiger partial charge in [-0.25, -0.2) is 4.79 Å². The molecule has 0 aromatic heterocycles. The second-order valence-corrected chi connectivity index (χ2v) is 7.69. The minimum absolute atomic E-state index is 0.172. The molecule has 0 aliphatic carbocycles. The van der Waals surface area contributed by atoms with Crippen LogP contribution in [-0.4, -0.2) is 43.3 Å². The first-order chi connectivity index (χ1) is 13.7. The van der Waals surface area contributed by atoms with Crippen LogP contribution in [0.4, 0.5) is 10.5 Å². The number of benzene rings is 1. The summed E-state index contributed by atoms with van der Waals surface area (Å²) >= 11 is 0. The highest BCUT2D eigenvalue weighted by Crippen LogP contribution is 2.16. The molecule has 0 bridgehead atoms. The van der Waals surface area contributed by atoms with Gasteiger partial charge in [-0.15, -0.1) is 0 Å². The van der Waals surface area contributed by atoms with E-state index in [1.54, 1.807) is 39.0 Å². The molecule has 29 heavy (non-hydrogen) atoms. The Labute approximate surface area is 171 Å². The van der Waals surface area contributed by atoms with E-state index in [2.05, 4.69) is 16.0 Å². The third kappa shape index (κ3) is 8.78. The molecule has 1 saturated heterocycles.